The lowest BCUT2D eigenvalue weighted by molar-refractivity contribution is 0.0953. The third-order valence-electron chi connectivity index (χ3n) is 3.97. The fourth-order valence-corrected chi connectivity index (χ4v) is 2.44. The van der Waals surface area contributed by atoms with Gasteiger partial charge < -0.3 is 16.0 Å². The number of aryl methyl sites for hydroxylation is 1. The van der Waals surface area contributed by atoms with Crippen molar-refractivity contribution in [2.45, 2.75) is 26.8 Å². The number of nitrogens with zero attached hydrogens (tertiary/aromatic N) is 1. The molecule has 0 aliphatic rings. The maximum atomic E-state index is 13.6. The topological polar surface area (TPSA) is 65.5 Å². The van der Waals surface area contributed by atoms with Crippen LogP contribution in [0.1, 0.15) is 34.8 Å². The van der Waals surface area contributed by atoms with Crippen LogP contribution in [0.5, 0.6) is 0 Å². The monoisotopic (exact) mass is 498 g/mol. The third kappa shape index (κ3) is 8.24. The van der Waals surface area contributed by atoms with Gasteiger partial charge in [-0.2, -0.15) is 0 Å². The second-order valence-corrected chi connectivity index (χ2v) is 6.18. The van der Waals surface area contributed by atoms with Crippen LogP contribution in [0.4, 0.5) is 4.39 Å². The predicted molar refractivity (Wildman–Crippen MR) is 123 cm³/mol. The van der Waals surface area contributed by atoms with Crippen molar-refractivity contribution in [1.29, 1.82) is 0 Å². The molecule has 0 bridgehead atoms. The van der Waals surface area contributed by atoms with Crippen LogP contribution in [0.25, 0.3) is 0 Å². The second-order valence-electron chi connectivity index (χ2n) is 6.18. The minimum Gasteiger partial charge on any atom is -0.357 e. The fourth-order valence-electron chi connectivity index (χ4n) is 2.44. The van der Waals surface area contributed by atoms with Crippen molar-refractivity contribution in [3.8, 4) is 0 Å². The Morgan fingerprint density at radius 3 is 2.43 bits per heavy atom. The highest BCUT2D eigenvalue weighted by molar-refractivity contribution is 14.0. The number of rotatable bonds is 8. The van der Waals surface area contributed by atoms with Crippen molar-refractivity contribution in [2.75, 3.05) is 19.6 Å². The number of amides is 1. The van der Waals surface area contributed by atoms with Crippen molar-refractivity contribution in [2.24, 2.45) is 4.99 Å². The van der Waals surface area contributed by atoms with Gasteiger partial charge in [-0.3, -0.25) is 4.79 Å². The van der Waals surface area contributed by atoms with E-state index in [1.807, 2.05) is 31.2 Å². The molecule has 0 heterocycles. The molecule has 152 valence electrons. The summed E-state index contributed by atoms with van der Waals surface area (Å²) in [4.78, 5) is 16.4. The lowest BCUT2D eigenvalue weighted by Gasteiger charge is -2.12. The van der Waals surface area contributed by atoms with Crippen molar-refractivity contribution < 1.29 is 9.18 Å². The largest absolute Gasteiger partial charge is 0.357 e. The molecular weight excluding hydrogens is 470 g/mol. The van der Waals surface area contributed by atoms with E-state index in [0.29, 0.717) is 36.7 Å². The molecule has 0 fully saturated rings. The maximum absolute atomic E-state index is 13.6. The summed E-state index contributed by atoms with van der Waals surface area (Å²) in [6.45, 7) is 6.11. The van der Waals surface area contributed by atoms with Crippen molar-refractivity contribution in [1.82, 2.24) is 16.0 Å². The Balaban J connectivity index is 0.00000392. The Labute approximate surface area is 183 Å². The van der Waals surface area contributed by atoms with Crippen LogP contribution in [0.3, 0.4) is 0 Å². The van der Waals surface area contributed by atoms with Crippen molar-refractivity contribution in [3.05, 3.63) is 71.0 Å². The summed E-state index contributed by atoms with van der Waals surface area (Å²) in [5, 5.41) is 9.28. The molecule has 1 amide bonds. The summed E-state index contributed by atoms with van der Waals surface area (Å²) < 4.78 is 13.6. The summed E-state index contributed by atoms with van der Waals surface area (Å²) in [6, 6.07) is 14.3. The van der Waals surface area contributed by atoms with E-state index in [0.717, 1.165) is 18.5 Å². The zero-order valence-corrected chi connectivity index (χ0v) is 18.6. The van der Waals surface area contributed by atoms with E-state index in [-0.39, 0.29) is 35.7 Å². The molecule has 0 saturated carbocycles. The summed E-state index contributed by atoms with van der Waals surface area (Å²) >= 11 is 0. The molecule has 0 unspecified atom stereocenters. The highest BCUT2D eigenvalue weighted by Gasteiger charge is 2.03. The van der Waals surface area contributed by atoms with Gasteiger partial charge in [0.2, 0.25) is 0 Å². The minimum absolute atomic E-state index is 0. The average Bonchev–Trinajstić information content (AvgIpc) is 2.68. The van der Waals surface area contributed by atoms with Gasteiger partial charge in [-0.05, 0) is 49.6 Å². The molecule has 0 aliphatic heterocycles. The number of guanidine groups is 1. The van der Waals surface area contributed by atoms with E-state index in [1.54, 1.807) is 25.1 Å². The molecule has 0 spiro atoms. The van der Waals surface area contributed by atoms with Crippen LogP contribution in [0, 0.1) is 12.7 Å². The van der Waals surface area contributed by atoms with E-state index in [9.17, 15) is 9.18 Å². The lowest BCUT2D eigenvalue weighted by atomic mass is 10.1. The molecule has 7 heteroatoms. The molecule has 28 heavy (non-hydrogen) atoms. The number of hydrogen-bond donors (Lipinski definition) is 3. The lowest BCUT2D eigenvalue weighted by Crippen LogP contribution is -2.38. The summed E-state index contributed by atoms with van der Waals surface area (Å²) in [6.07, 6.45) is 0.766. The Hall–Kier alpha value is -2.16. The number of aliphatic imine (C=N–C) groups is 1. The van der Waals surface area contributed by atoms with Gasteiger partial charge in [-0.25, -0.2) is 9.38 Å². The molecule has 2 aromatic carbocycles. The van der Waals surface area contributed by atoms with Gasteiger partial charge in [0.05, 0.1) is 6.54 Å². The van der Waals surface area contributed by atoms with Gasteiger partial charge >= 0.3 is 0 Å². The van der Waals surface area contributed by atoms with E-state index >= 15 is 0 Å². The normalized spacial score (nSPS) is 10.8. The number of hydrogen-bond acceptors (Lipinski definition) is 2. The zero-order valence-electron chi connectivity index (χ0n) is 16.3. The van der Waals surface area contributed by atoms with Crippen LogP contribution in [-0.4, -0.2) is 31.5 Å². The first kappa shape index (κ1) is 23.9. The highest BCUT2D eigenvalue weighted by Crippen LogP contribution is 2.09. The van der Waals surface area contributed by atoms with Gasteiger partial charge in [0, 0.05) is 25.2 Å². The first-order chi connectivity index (χ1) is 13.1. The summed E-state index contributed by atoms with van der Waals surface area (Å²) in [5.41, 5.74) is 2.11. The van der Waals surface area contributed by atoms with Crippen LogP contribution >= 0.6 is 24.0 Å². The number of benzene rings is 2. The summed E-state index contributed by atoms with van der Waals surface area (Å²) in [7, 11) is 0. The fraction of sp³-hybridized carbons (Fsp3) is 0.333. The Morgan fingerprint density at radius 1 is 1.04 bits per heavy atom. The van der Waals surface area contributed by atoms with Crippen LogP contribution < -0.4 is 16.0 Å². The van der Waals surface area contributed by atoms with Gasteiger partial charge in [0.15, 0.2) is 5.96 Å². The van der Waals surface area contributed by atoms with Crippen molar-refractivity contribution in [3.63, 3.8) is 0 Å². The smallest absolute Gasteiger partial charge is 0.251 e. The minimum atomic E-state index is -0.213. The molecule has 3 N–H and O–H groups in total. The van der Waals surface area contributed by atoms with Gasteiger partial charge in [0.1, 0.15) is 5.82 Å². The van der Waals surface area contributed by atoms with E-state index in [4.69, 9.17) is 0 Å². The first-order valence-corrected chi connectivity index (χ1v) is 9.20. The van der Waals surface area contributed by atoms with Crippen LogP contribution in [0.2, 0.25) is 0 Å². The first-order valence-electron chi connectivity index (χ1n) is 9.20. The molecule has 0 aliphatic carbocycles. The van der Waals surface area contributed by atoms with Crippen molar-refractivity contribution >= 4 is 35.8 Å². The average molecular weight is 498 g/mol. The number of carbonyl (C=O) groups excluding carboxylic acids is 1. The Morgan fingerprint density at radius 2 is 1.75 bits per heavy atom. The molecule has 5 nitrogen and oxygen atoms in total. The Kier molecular flexibility index (Phi) is 11.2. The molecule has 0 saturated heterocycles. The molecule has 0 radical (unpaired) electrons. The summed E-state index contributed by atoms with van der Waals surface area (Å²) in [5.74, 6) is 0.389. The quantitative estimate of drug-likeness (QED) is 0.226. The maximum Gasteiger partial charge on any atom is 0.251 e. The standard InChI is InChI=1S/C21H27FN4O.HI/c1-3-23-21(26-15-17-11-10-16(2)19(22)14-17)25-13-7-12-24-20(27)18-8-5-4-6-9-18;/h4-6,8-11,14H,3,7,12-13,15H2,1-2H3,(H,24,27)(H2,23,25,26);1H. The molecular formula is C21H28FIN4O. The predicted octanol–water partition coefficient (Wildman–Crippen LogP) is 3.63. The van der Waals surface area contributed by atoms with Gasteiger partial charge in [0.25, 0.3) is 5.91 Å². The van der Waals surface area contributed by atoms with Gasteiger partial charge in [-0.1, -0.05) is 30.3 Å². The highest BCUT2D eigenvalue weighted by atomic mass is 127. The molecule has 0 aromatic heterocycles. The van der Waals surface area contributed by atoms with E-state index in [2.05, 4.69) is 20.9 Å². The number of nitrogens with one attached hydrogen (secondary N) is 3. The Bertz CT molecular complexity index is 768. The molecule has 2 aromatic rings. The van der Waals surface area contributed by atoms with Crippen LogP contribution in [-0.2, 0) is 6.54 Å². The van der Waals surface area contributed by atoms with Gasteiger partial charge in [-0.15, -0.1) is 24.0 Å². The molecule has 2 rings (SSSR count). The third-order valence-corrected chi connectivity index (χ3v) is 3.97. The number of carbonyl (C=O) groups is 1. The SMILES string of the molecule is CCNC(=NCc1ccc(C)c(F)c1)NCCCNC(=O)c1ccccc1.I. The van der Waals surface area contributed by atoms with E-state index < -0.39 is 0 Å². The number of halogens is 2. The van der Waals surface area contributed by atoms with E-state index in [1.165, 1.54) is 6.07 Å². The zero-order chi connectivity index (χ0) is 19.5. The van der Waals surface area contributed by atoms with Crippen LogP contribution in [0.15, 0.2) is 53.5 Å². The second kappa shape index (κ2) is 13.1. The molecule has 0 atom stereocenters.